The number of anilines is 1. The number of rotatable bonds is 1. The molecule has 1 aromatic heterocycles. The third-order valence-corrected chi connectivity index (χ3v) is 4.16. The molecule has 1 saturated heterocycles. The number of H-pyrrole nitrogens is 1. The molecule has 0 spiro atoms. The SMILES string of the molecule is CC1NNC2CCC(c3nnc(N)c(=O)[nH]3)CC12. The first-order chi connectivity index (χ1) is 8.65. The van der Waals surface area contributed by atoms with Crippen molar-refractivity contribution in [3.8, 4) is 0 Å². The molecule has 1 aliphatic carbocycles. The van der Waals surface area contributed by atoms with E-state index in [1.54, 1.807) is 0 Å². The fourth-order valence-electron chi connectivity index (χ4n) is 3.07. The Hall–Kier alpha value is -1.47. The molecule has 4 unspecified atom stereocenters. The van der Waals surface area contributed by atoms with E-state index in [4.69, 9.17) is 5.73 Å². The summed E-state index contributed by atoms with van der Waals surface area (Å²) in [6, 6.07) is 0.982. The van der Waals surface area contributed by atoms with Crippen LogP contribution in [0.2, 0.25) is 0 Å². The molecule has 0 bridgehead atoms. The molecule has 7 heteroatoms. The zero-order valence-corrected chi connectivity index (χ0v) is 10.3. The van der Waals surface area contributed by atoms with Gasteiger partial charge in [0, 0.05) is 18.0 Å². The predicted molar refractivity (Wildman–Crippen MR) is 66.7 cm³/mol. The van der Waals surface area contributed by atoms with Gasteiger partial charge in [0.1, 0.15) is 5.82 Å². The Balaban J connectivity index is 1.81. The van der Waals surface area contributed by atoms with Crippen LogP contribution in [-0.2, 0) is 0 Å². The molecule has 1 aromatic rings. The highest BCUT2D eigenvalue weighted by Crippen LogP contribution is 2.37. The number of hydrazine groups is 1. The molecule has 0 aromatic carbocycles. The standard InChI is InChI=1S/C11H18N6O/c1-5-7-4-6(2-3-8(7)15-14-5)10-13-11(18)9(12)16-17-10/h5-8,14-15H,2-4H2,1H3,(H2,12,16)(H,13,17,18). The molecular formula is C11H18N6O. The lowest BCUT2D eigenvalue weighted by Gasteiger charge is -2.31. The van der Waals surface area contributed by atoms with Crippen molar-refractivity contribution in [2.45, 2.75) is 44.2 Å². The minimum atomic E-state index is -0.335. The van der Waals surface area contributed by atoms with Crippen molar-refractivity contribution in [2.24, 2.45) is 5.92 Å². The van der Waals surface area contributed by atoms with Crippen LogP contribution in [0, 0.1) is 5.92 Å². The summed E-state index contributed by atoms with van der Waals surface area (Å²) < 4.78 is 0. The van der Waals surface area contributed by atoms with Gasteiger partial charge in [-0.15, -0.1) is 10.2 Å². The molecule has 3 rings (SSSR count). The van der Waals surface area contributed by atoms with Crippen LogP contribution in [-0.4, -0.2) is 27.3 Å². The number of nitrogen functional groups attached to an aromatic ring is 1. The van der Waals surface area contributed by atoms with E-state index in [2.05, 4.69) is 33.0 Å². The highest BCUT2D eigenvalue weighted by molar-refractivity contribution is 5.21. The fourth-order valence-corrected chi connectivity index (χ4v) is 3.07. The zero-order valence-electron chi connectivity index (χ0n) is 10.3. The highest BCUT2D eigenvalue weighted by atomic mass is 16.1. The van der Waals surface area contributed by atoms with Gasteiger partial charge in [-0.3, -0.25) is 15.6 Å². The second-order valence-electron chi connectivity index (χ2n) is 5.28. The number of aromatic amines is 1. The molecule has 2 aliphatic rings. The van der Waals surface area contributed by atoms with Gasteiger partial charge in [0.25, 0.3) is 5.56 Å². The number of aromatic nitrogens is 3. The molecule has 5 N–H and O–H groups in total. The minimum absolute atomic E-state index is 0.0648. The van der Waals surface area contributed by atoms with Gasteiger partial charge in [-0.1, -0.05) is 0 Å². The molecule has 0 radical (unpaired) electrons. The lowest BCUT2D eigenvalue weighted by molar-refractivity contribution is 0.275. The Morgan fingerprint density at radius 1 is 1.28 bits per heavy atom. The van der Waals surface area contributed by atoms with Gasteiger partial charge in [-0.25, -0.2) is 0 Å². The highest BCUT2D eigenvalue weighted by Gasteiger charge is 2.39. The smallest absolute Gasteiger partial charge is 0.293 e. The van der Waals surface area contributed by atoms with Crippen LogP contribution in [0.25, 0.3) is 0 Å². The van der Waals surface area contributed by atoms with Crippen molar-refractivity contribution >= 4 is 5.82 Å². The van der Waals surface area contributed by atoms with Crippen LogP contribution in [0.15, 0.2) is 4.79 Å². The fraction of sp³-hybridized carbons (Fsp3) is 0.727. The summed E-state index contributed by atoms with van der Waals surface area (Å²) in [7, 11) is 0. The second kappa shape index (κ2) is 4.33. The number of fused-ring (bicyclic) bond motifs is 1. The summed E-state index contributed by atoms with van der Waals surface area (Å²) in [5, 5.41) is 7.74. The largest absolute Gasteiger partial charge is 0.378 e. The third kappa shape index (κ3) is 1.89. The summed E-state index contributed by atoms with van der Waals surface area (Å²) in [5.74, 6) is 1.46. The summed E-state index contributed by atoms with van der Waals surface area (Å²) in [5.41, 5.74) is 11.7. The van der Waals surface area contributed by atoms with Crippen LogP contribution in [0.5, 0.6) is 0 Å². The van der Waals surface area contributed by atoms with Gasteiger partial charge in [0.05, 0.1) is 0 Å². The molecule has 2 fully saturated rings. The van der Waals surface area contributed by atoms with E-state index in [1.807, 2.05) is 0 Å². The topological polar surface area (TPSA) is 109 Å². The normalized spacial score (nSPS) is 35.4. The second-order valence-corrected chi connectivity index (χ2v) is 5.28. The van der Waals surface area contributed by atoms with Gasteiger partial charge in [-0.05, 0) is 32.1 Å². The molecular weight excluding hydrogens is 232 g/mol. The number of nitrogens with one attached hydrogen (secondary N) is 3. The van der Waals surface area contributed by atoms with E-state index in [1.165, 1.54) is 0 Å². The van der Waals surface area contributed by atoms with Crippen LogP contribution in [0.3, 0.4) is 0 Å². The van der Waals surface area contributed by atoms with Crippen molar-refractivity contribution in [3.05, 3.63) is 16.2 Å². The molecule has 0 amide bonds. The van der Waals surface area contributed by atoms with Crippen molar-refractivity contribution in [3.63, 3.8) is 0 Å². The van der Waals surface area contributed by atoms with Gasteiger partial charge in [-0.2, -0.15) is 0 Å². The maximum Gasteiger partial charge on any atom is 0.293 e. The van der Waals surface area contributed by atoms with Crippen LogP contribution >= 0.6 is 0 Å². The maximum absolute atomic E-state index is 11.5. The Labute approximate surface area is 105 Å². The van der Waals surface area contributed by atoms with Gasteiger partial charge in [0.15, 0.2) is 0 Å². The molecule has 4 atom stereocenters. The van der Waals surface area contributed by atoms with Crippen LogP contribution in [0.4, 0.5) is 5.82 Å². The number of nitrogens with zero attached hydrogens (tertiary/aromatic N) is 2. The number of hydrogen-bond acceptors (Lipinski definition) is 6. The third-order valence-electron chi connectivity index (χ3n) is 4.16. The van der Waals surface area contributed by atoms with Gasteiger partial charge in [0.2, 0.25) is 5.82 Å². The summed E-state index contributed by atoms with van der Waals surface area (Å²) in [6.07, 6.45) is 3.11. The average Bonchev–Trinajstić information content (AvgIpc) is 2.74. The van der Waals surface area contributed by atoms with Gasteiger partial charge >= 0.3 is 0 Å². The number of hydrogen-bond donors (Lipinski definition) is 4. The Bertz CT molecular complexity index is 501. The molecule has 2 heterocycles. The monoisotopic (exact) mass is 250 g/mol. The van der Waals surface area contributed by atoms with E-state index in [0.29, 0.717) is 23.8 Å². The van der Waals surface area contributed by atoms with Crippen molar-refractivity contribution in [1.82, 2.24) is 26.0 Å². The first-order valence-corrected chi connectivity index (χ1v) is 6.38. The Morgan fingerprint density at radius 2 is 2.11 bits per heavy atom. The summed E-state index contributed by atoms with van der Waals surface area (Å²) >= 11 is 0. The Morgan fingerprint density at radius 3 is 2.89 bits per heavy atom. The molecule has 7 nitrogen and oxygen atoms in total. The van der Waals surface area contributed by atoms with Crippen LogP contribution in [0.1, 0.15) is 37.9 Å². The predicted octanol–water partition coefficient (Wildman–Crippen LogP) is -0.504. The van der Waals surface area contributed by atoms with Gasteiger partial charge < -0.3 is 10.7 Å². The van der Waals surface area contributed by atoms with E-state index in [9.17, 15) is 4.79 Å². The van der Waals surface area contributed by atoms with E-state index in [0.717, 1.165) is 19.3 Å². The molecule has 1 aliphatic heterocycles. The first-order valence-electron chi connectivity index (χ1n) is 6.38. The lowest BCUT2D eigenvalue weighted by Crippen LogP contribution is -2.35. The number of nitrogens with two attached hydrogens (primary N) is 1. The maximum atomic E-state index is 11.5. The molecule has 98 valence electrons. The zero-order chi connectivity index (χ0) is 12.7. The van der Waals surface area contributed by atoms with Crippen molar-refractivity contribution in [2.75, 3.05) is 5.73 Å². The first kappa shape index (κ1) is 11.6. The van der Waals surface area contributed by atoms with E-state index in [-0.39, 0.29) is 17.3 Å². The average molecular weight is 250 g/mol. The Kier molecular flexibility index (Phi) is 2.79. The summed E-state index contributed by atoms with van der Waals surface area (Å²) in [6.45, 7) is 2.18. The molecule has 18 heavy (non-hydrogen) atoms. The quantitative estimate of drug-likeness (QED) is 0.535. The lowest BCUT2D eigenvalue weighted by atomic mass is 9.76. The van der Waals surface area contributed by atoms with Crippen molar-refractivity contribution < 1.29 is 0 Å². The van der Waals surface area contributed by atoms with E-state index < -0.39 is 0 Å². The molecule has 1 saturated carbocycles. The van der Waals surface area contributed by atoms with Crippen LogP contribution < -0.4 is 22.1 Å². The van der Waals surface area contributed by atoms with Crippen molar-refractivity contribution in [1.29, 1.82) is 0 Å². The minimum Gasteiger partial charge on any atom is -0.378 e. The summed E-state index contributed by atoms with van der Waals surface area (Å²) in [4.78, 5) is 14.2. The van der Waals surface area contributed by atoms with E-state index >= 15 is 0 Å².